The van der Waals surface area contributed by atoms with Crippen molar-refractivity contribution in [2.45, 2.75) is 18.2 Å². The number of nitrogen functional groups attached to an aromatic ring is 1. The van der Waals surface area contributed by atoms with E-state index in [0.29, 0.717) is 10.6 Å². The van der Waals surface area contributed by atoms with E-state index in [0.717, 1.165) is 22.9 Å². The molecular formula is C9H15N3OS2. The van der Waals surface area contributed by atoms with Gasteiger partial charge in [-0.2, -0.15) is 0 Å². The lowest BCUT2D eigenvalue weighted by Crippen LogP contribution is -2.10. The quantitative estimate of drug-likeness (QED) is 0.693. The minimum absolute atomic E-state index is 0.443. The molecule has 1 amide bonds. The van der Waals surface area contributed by atoms with E-state index in [4.69, 9.17) is 11.5 Å². The minimum atomic E-state index is -0.461. The van der Waals surface area contributed by atoms with E-state index in [2.05, 4.69) is 12.2 Å². The van der Waals surface area contributed by atoms with E-state index in [1.54, 1.807) is 0 Å². The fraction of sp³-hybridized carbons (Fsp3) is 0.444. The Kier molecular flexibility index (Phi) is 4.28. The molecule has 0 saturated carbocycles. The van der Waals surface area contributed by atoms with Gasteiger partial charge in [0.1, 0.15) is 9.88 Å². The van der Waals surface area contributed by atoms with Crippen LogP contribution in [0.1, 0.15) is 23.0 Å². The summed E-state index contributed by atoms with van der Waals surface area (Å²) in [6.07, 6.45) is 2.96. The Labute approximate surface area is 97.4 Å². The molecule has 1 heterocycles. The minimum Gasteiger partial charge on any atom is -0.396 e. The first-order valence-corrected chi connectivity index (χ1v) is 6.65. The Bertz CT molecular complexity index is 362. The second-order valence-electron chi connectivity index (χ2n) is 3.00. The molecule has 5 N–H and O–H groups in total. The van der Waals surface area contributed by atoms with Crippen molar-refractivity contribution >= 4 is 39.7 Å². The van der Waals surface area contributed by atoms with Gasteiger partial charge in [0.05, 0.1) is 10.6 Å². The van der Waals surface area contributed by atoms with Crippen LogP contribution >= 0.6 is 23.1 Å². The van der Waals surface area contributed by atoms with Crippen LogP contribution in [0.2, 0.25) is 0 Å². The zero-order valence-electron chi connectivity index (χ0n) is 8.79. The van der Waals surface area contributed by atoms with Gasteiger partial charge in [-0.15, -0.1) is 23.1 Å². The van der Waals surface area contributed by atoms with Gasteiger partial charge in [-0.05, 0) is 12.7 Å². The van der Waals surface area contributed by atoms with Gasteiger partial charge in [-0.3, -0.25) is 4.79 Å². The molecule has 4 nitrogen and oxygen atoms in total. The Morgan fingerprint density at radius 1 is 1.60 bits per heavy atom. The van der Waals surface area contributed by atoms with Crippen molar-refractivity contribution in [3.05, 3.63) is 4.88 Å². The van der Waals surface area contributed by atoms with Crippen LogP contribution in [0, 0.1) is 0 Å². The van der Waals surface area contributed by atoms with E-state index >= 15 is 0 Å². The highest BCUT2D eigenvalue weighted by atomic mass is 32.2. The van der Waals surface area contributed by atoms with Crippen molar-refractivity contribution in [1.82, 2.24) is 0 Å². The lowest BCUT2D eigenvalue weighted by Gasteiger charge is -2.03. The Morgan fingerprint density at radius 2 is 2.27 bits per heavy atom. The van der Waals surface area contributed by atoms with Crippen molar-refractivity contribution in [2.24, 2.45) is 5.73 Å². The summed E-state index contributed by atoms with van der Waals surface area (Å²) < 4.78 is 0. The van der Waals surface area contributed by atoms with Crippen LogP contribution < -0.4 is 16.8 Å². The number of anilines is 2. The maximum absolute atomic E-state index is 11.1. The van der Waals surface area contributed by atoms with Gasteiger partial charge in [0.15, 0.2) is 0 Å². The maximum Gasteiger partial charge on any atom is 0.261 e. The lowest BCUT2D eigenvalue weighted by molar-refractivity contribution is 0.100. The fourth-order valence-corrected chi connectivity index (χ4v) is 3.08. The second kappa shape index (κ2) is 5.27. The molecule has 0 bridgehead atoms. The van der Waals surface area contributed by atoms with E-state index < -0.39 is 5.91 Å². The van der Waals surface area contributed by atoms with Crippen LogP contribution in [0.25, 0.3) is 0 Å². The molecule has 1 aromatic heterocycles. The molecule has 0 aliphatic rings. The molecule has 15 heavy (non-hydrogen) atoms. The van der Waals surface area contributed by atoms with Crippen molar-refractivity contribution in [1.29, 1.82) is 0 Å². The molecule has 0 aliphatic carbocycles. The normalized spacial score (nSPS) is 10.3. The number of primary amides is 1. The molecule has 0 fully saturated rings. The summed E-state index contributed by atoms with van der Waals surface area (Å²) in [5, 5.41) is 4.18. The highest BCUT2D eigenvalue weighted by Gasteiger charge is 2.18. The number of nitrogens with one attached hydrogen (secondary N) is 1. The molecule has 0 spiro atoms. The molecule has 0 aromatic carbocycles. The highest BCUT2D eigenvalue weighted by Crippen LogP contribution is 2.41. The number of rotatable bonds is 5. The van der Waals surface area contributed by atoms with Crippen LogP contribution in [-0.2, 0) is 0 Å². The number of thioether (sulfide) groups is 1. The predicted octanol–water partition coefficient (Wildman–Crippen LogP) is 1.97. The summed E-state index contributed by atoms with van der Waals surface area (Å²) in [4.78, 5) is 12.5. The summed E-state index contributed by atoms with van der Waals surface area (Å²) >= 11 is 2.85. The first-order valence-electron chi connectivity index (χ1n) is 4.61. The van der Waals surface area contributed by atoms with Crippen LogP contribution in [0.3, 0.4) is 0 Å². The summed E-state index contributed by atoms with van der Waals surface area (Å²) in [6.45, 7) is 2.95. The third kappa shape index (κ3) is 2.57. The van der Waals surface area contributed by atoms with Gasteiger partial charge in [-0.25, -0.2) is 0 Å². The van der Waals surface area contributed by atoms with E-state index in [9.17, 15) is 4.79 Å². The number of thiophene rings is 1. The number of hydrogen-bond acceptors (Lipinski definition) is 5. The molecule has 6 heteroatoms. The van der Waals surface area contributed by atoms with E-state index in [1.807, 2.05) is 6.26 Å². The molecule has 84 valence electrons. The summed E-state index contributed by atoms with van der Waals surface area (Å²) in [7, 11) is 0. The summed E-state index contributed by atoms with van der Waals surface area (Å²) in [6, 6.07) is 0. The molecule has 0 unspecified atom stereocenters. The largest absolute Gasteiger partial charge is 0.396 e. The number of carbonyl (C=O) groups is 1. The number of carbonyl (C=O) groups excluding carboxylic acids is 1. The Morgan fingerprint density at radius 3 is 2.73 bits per heavy atom. The maximum atomic E-state index is 11.1. The van der Waals surface area contributed by atoms with Crippen LogP contribution in [-0.4, -0.2) is 18.7 Å². The third-order valence-corrected chi connectivity index (χ3v) is 4.00. The number of nitrogens with two attached hydrogens (primary N) is 2. The van der Waals surface area contributed by atoms with Crippen molar-refractivity contribution in [3.8, 4) is 0 Å². The monoisotopic (exact) mass is 245 g/mol. The smallest absolute Gasteiger partial charge is 0.261 e. The zero-order chi connectivity index (χ0) is 11.4. The van der Waals surface area contributed by atoms with Gasteiger partial charge in [0.2, 0.25) is 0 Å². The van der Waals surface area contributed by atoms with Crippen molar-refractivity contribution in [3.63, 3.8) is 0 Å². The van der Waals surface area contributed by atoms with Gasteiger partial charge in [0.25, 0.3) is 5.91 Å². The zero-order valence-corrected chi connectivity index (χ0v) is 10.4. The van der Waals surface area contributed by atoms with Crippen LogP contribution in [0.4, 0.5) is 10.7 Å². The summed E-state index contributed by atoms with van der Waals surface area (Å²) in [5.74, 6) is -0.461. The summed E-state index contributed by atoms with van der Waals surface area (Å²) in [5.41, 5.74) is 11.6. The van der Waals surface area contributed by atoms with Crippen LogP contribution in [0.15, 0.2) is 4.90 Å². The number of hydrogen-bond donors (Lipinski definition) is 3. The molecule has 0 radical (unpaired) electrons. The Hall–Kier alpha value is -0.880. The first kappa shape index (κ1) is 12.2. The number of amides is 1. The molecule has 0 atom stereocenters. The average Bonchev–Trinajstić information content (AvgIpc) is 2.52. The fourth-order valence-electron chi connectivity index (χ4n) is 1.17. The highest BCUT2D eigenvalue weighted by molar-refractivity contribution is 7.99. The topological polar surface area (TPSA) is 81.1 Å². The standard InChI is InChI=1S/C9H15N3OS2/c1-3-4-12-9-7(14-2)5(10)6(15-9)8(11)13/h12H,3-4,10H2,1-2H3,(H2,11,13). The molecule has 0 aliphatic heterocycles. The predicted molar refractivity (Wildman–Crippen MR) is 67.8 cm³/mol. The second-order valence-corrected chi connectivity index (χ2v) is 4.84. The lowest BCUT2D eigenvalue weighted by atomic mass is 10.4. The Balaban J connectivity index is 3.04. The molecule has 1 rings (SSSR count). The third-order valence-electron chi connectivity index (χ3n) is 1.86. The molecular weight excluding hydrogens is 230 g/mol. The van der Waals surface area contributed by atoms with E-state index in [-0.39, 0.29) is 0 Å². The average molecular weight is 245 g/mol. The molecule has 0 saturated heterocycles. The molecule has 1 aromatic rings. The van der Waals surface area contributed by atoms with Gasteiger partial charge in [-0.1, -0.05) is 6.92 Å². The van der Waals surface area contributed by atoms with Gasteiger partial charge in [0, 0.05) is 6.54 Å². The van der Waals surface area contributed by atoms with Crippen molar-refractivity contribution < 1.29 is 4.79 Å². The van der Waals surface area contributed by atoms with Gasteiger partial charge >= 0.3 is 0 Å². The first-order chi connectivity index (χ1) is 7.11. The van der Waals surface area contributed by atoms with Crippen LogP contribution in [0.5, 0.6) is 0 Å². The van der Waals surface area contributed by atoms with E-state index in [1.165, 1.54) is 23.1 Å². The SMILES string of the molecule is CCCNc1sc(C(N)=O)c(N)c1SC. The van der Waals surface area contributed by atoms with Gasteiger partial charge < -0.3 is 16.8 Å². The van der Waals surface area contributed by atoms with Crippen molar-refractivity contribution in [2.75, 3.05) is 23.9 Å².